The molecular formula is C22H25ClN3O5P. The van der Waals surface area contributed by atoms with Crippen LogP contribution in [0.4, 0.5) is 0 Å². The molecule has 0 bridgehead atoms. The number of fused-ring (bicyclic) bond motifs is 1. The molecule has 1 aliphatic rings. The molecule has 10 heteroatoms. The third-order valence-electron chi connectivity index (χ3n) is 5.74. The van der Waals surface area contributed by atoms with E-state index < -0.39 is 13.9 Å². The number of benzene rings is 1. The van der Waals surface area contributed by atoms with Crippen molar-refractivity contribution in [2.24, 2.45) is 0 Å². The fourth-order valence-electron chi connectivity index (χ4n) is 3.89. The number of aliphatic hydroxyl groups is 2. The van der Waals surface area contributed by atoms with Crippen LogP contribution in [0.15, 0.2) is 42.7 Å². The molecule has 4 rings (SSSR count). The molecule has 3 heterocycles. The molecule has 2 N–H and O–H groups in total. The van der Waals surface area contributed by atoms with E-state index in [9.17, 15) is 14.8 Å². The van der Waals surface area contributed by atoms with Crippen molar-refractivity contribution in [1.29, 1.82) is 0 Å². The monoisotopic (exact) mass is 477 g/mol. The minimum absolute atomic E-state index is 0.162. The van der Waals surface area contributed by atoms with Gasteiger partial charge in [-0.25, -0.2) is 9.65 Å². The number of ether oxygens (including phenoxy) is 1. The molecule has 1 aromatic carbocycles. The summed E-state index contributed by atoms with van der Waals surface area (Å²) in [5.74, 6) is 0.503. The predicted molar refractivity (Wildman–Crippen MR) is 124 cm³/mol. The van der Waals surface area contributed by atoms with E-state index in [0.29, 0.717) is 41.5 Å². The van der Waals surface area contributed by atoms with E-state index in [1.807, 2.05) is 35.0 Å². The summed E-state index contributed by atoms with van der Waals surface area (Å²) in [6.45, 7) is 0.813. The van der Waals surface area contributed by atoms with Crippen molar-refractivity contribution in [2.75, 3.05) is 33.7 Å². The lowest BCUT2D eigenvalue weighted by Gasteiger charge is -2.31. The summed E-state index contributed by atoms with van der Waals surface area (Å²) >= 11 is 6.30. The van der Waals surface area contributed by atoms with Gasteiger partial charge in [0, 0.05) is 38.2 Å². The Morgan fingerprint density at radius 1 is 1.25 bits per heavy atom. The average molecular weight is 478 g/mol. The highest BCUT2D eigenvalue weighted by molar-refractivity contribution is 7.56. The highest BCUT2D eigenvalue weighted by Crippen LogP contribution is 2.50. The molecule has 0 saturated carbocycles. The Morgan fingerprint density at radius 2 is 2.06 bits per heavy atom. The average Bonchev–Trinajstić information content (AvgIpc) is 3.26. The SMILES string of the molecule is COc1cc(CO)c(-c2cn3ccc(C4=CCN(P(=O)(CO)OC)CC4)cc3n2)cc1Cl. The molecule has 170 valence electrons. The maximum Gasteiger partial charge on any atom is 0.297 e. The van der Waals surface area contributed by atoms with Gasteiger partial charge in [0.25, 0.3) is 7.52 Å². The lowest BCUT2D eigenvalue weighted by atomic mass is 10.0. The summed E-state index contributed by atoms with van der Waals surface area (Å²) in [6, 6.07) is 7.48. The summed E-state index contributed by atoms with van der Waals surface area (Å²) in [7, 11) is -0.282. The van der Waals surface area contributed by atoms with Crippen LogP contribution in [0.25, 0.3) is 22.5 Å². The number of imidazole rings is 1. The van der Waals surface area contributed by atoms with E-state index in [1.165, 1.54) is 14.2 Å². The zero-order valence-corrected chi connectivity index (χ0v) is 19.5. The van der Waals surface area contributed by atoms with E-state index in [4.69, 9.17) is 25.8 Å². The van der Waals surface area contributed by atoms with Crippen molar-refractivity contribution in [1.82, 2.24) is 14.1 Å². The number of hydrogen-bond donors (Lipinski definition) is 2. The van der Waals surface area contributed by atoms with Crippen LogP contribution in [-0.4, -0.2) is 57.9 Å². The number of methoxy groups -OCH3 is 1. The summed E-state index contributed by atoms with van der Waals surface area (Å²) in [4.78, 5) is 4.74. The van der Waals surface area contributed by atoms with Crippen LogP contribution in [0.3, 0.4) is 0 Å². The van der Waals surface area contributed by atoms with Crippen molar-refractivity contribution in [2.45, 2.75) is 13.0 Å². The minimum Gasteiger partial charge on any atom is -0.495 e. The Hall–Kier alpha value is -2.19. The van der Waals surface area contributed by atoms with Crippen molar-refractivity contribution in [3.05, 3.63) is 58.9 Å². The van der Waals surface area contributed by atoms with Crippen molar-refractivity contribution in [3.8, 4) is 17.0 Å². The van der Waals surface area contributed by atoms with Gasteiger partial charge in [-0.1, -0.05) is 17.7 Å². The lowest BCUT2D eigenvalue weighted by molar-refractivity contribution is 0.264. The molecule has 0 radical (unpaired) electrons. The molecule has 1 atom stereocenters. The quantitative estimate of drug-likeness (QED) is 0.496. The summed E-state index contributed by atoms with van der Waals surface area (Å²) in [5.41, 5.74) is 5.03. The summed E-state index contributed by atoms with van der Waals surface area (Å²) < 4.78 is 26.5. The molecule has 0 amide bonds. The number of hydrogen-bond acceptors (Lipinski definition) is 6. The number of aromatic nitrogens is 2. The van der Waals surface area contributed by atoms with E-state index in [-0.39, 0.29) is 6.61 Å². The van der Waals surface area contributed by atoms with Crippen LogP contribution >= 0.6 is 19.1 Å². The first-order chi connectivity index (χ1) is 15.4. The standard InChI is InChI=1S/C22H25ClN3O5P/c1-30-21-9-17(13-27)18(11-19(21)23)20-12-25-6-3-16(10-22(25)24-20)15-4-7-26(8-5-15)32(29,14-28)31-2/h3-4,6,9-12,27-28H,5,7-8,13-14H2,1-2H3. The molecular weight excluding hydrogens is 453 g/mol. The Labute approximate surface area is 191 Å². The highest BCUT2D eigenvalue weighted by Gasteiger charge is 2.31. The highest BCUT2D eigenvalue weighted by atomic mass is 35.5. The molecule has 8 nitrogen and oxygen atoms in total. The number of rotatable bonds is 7. The summed E-state index contributed by atoms with van der Waals surface area (Å²) in [6.07, 6.45) is 6.02. The van der Waals surface area contributed by atoms with Gasteiger partial charge >= 0.3 is 0 Å². The zero-order chi connectivity index (χ0) is 22.9. The lowest BCUT2D eigenvalue weighted by Crippen LogP contribution is -2.27. The Morgan fingerprint density at radius 3 is 2.69 bits per heavy atom. The van der Waals surface area contributed by atoms with Crippen LogP contribution in [0.1, 0.15) is 17.5 Å². The van der Waals surface area contributed by atoms with E-state index in [0.717, 1.165) is 22.3 Å². The zero-order valence-electron chi connectivity index (χ0n) is 17.9. The van der Waals surface area contributed by atoms with E-state index >= 15 is 0 Å². The van der Waals surface area contributed by atoms with Gasteiger partial charge in [-0.15, -0.1) is 0 Å². The Bertz CT molecular complexity index is 1220. The second-order valence-corrected chi connectivity index (χ2v) is 10.4. The number of aliphatic hydroxyl groups excluding tert-OH is 2. The van der Waals surface area contributed by atoms with Crippen LogP contribution in [0.5, 0.6) is 5.75 Å². The number of halogens is 1. The van der Waals surface area contributed by atoms with Gasteiger partial charge in [0.2, 0.25) is 0 Å². The van der Waals surface area contributed by atoms with Crippen LogP contribution < -0.4 is 4.74 Å². The van der Waals surface area contributed by atoms with E-state index in [1.54, 1.807) is 16.8 Å². The third-order valence-corrected chi connectivity index (χ3v) is 8.19. The van der Waals surface area contributed by atoms with Gasteiger partial charge in [-0.05, 0) is 47.4 Å². The topological polar surface area (TPSA) is 96.5 Å². The smallest absolute Gasteiger partial charge is 0.297 e. The van der Waals surface area contributed by atoms with Crippen molar-refractivity contribution < 1.29 is 24.0 Å². The van der Waals surface area contributed by atoms with Crippen LogP contribution in [0, 0.1) is 0 Å². The van der Waals surface area contributed by atoms with Gasteiger partial charge < -0.3 is 23.9 Å². The minimum atomic E-state index is -3.17. The van der Waals surface area contributed by atoms with Gasteiger partial charge in [0.15, 0.2) is 0 Å². The maximum atomic E-state index is 12.6. The first kappa shape index (κ1) is 23.0. The first-order valence-electron chi connectivity index (χ1n) is 10.1. The second-order valence-electron chi connectivity index (χ2n) is 7.46. The molecule has 3 aromatic rings. The molecule has 2 aromatic heterocycles. The van der Waals surface area contributed by atoms with Crippen molar-refractivity contribution in [3.63, 3.8) is 0 Å². The van der Waals surface area contributed by atoms with Gasteiger partial charge in [-0.3, -0.25) is 4.57 Å². The fraction of sp³-hybridized carbons (Fsp3) is 0.318. The van der Waals surface area contributed by atoms with Gasteiger partial charge in [0.1, 0.15) is 17.7 Å². The number of nitrogens with zero attached hydrogens (tertiary/aromatic N) is 3. The normalized spacial score (nSPS) is 16.7. The maximum absolute atomic E-state index is 12.6. The molecule has 32 heavy (non-hydrogen) atoms. The molecule has 1 unspecified atom stereocenters. The van der Waals surface area contributed by atoms with Crippen molar-refractivity contribution >= 4 is 30.3 Å². The second kappa shape index (κ2) is 9.35. The van der Waals surface area contributed by atoms with Crippen LogP contribution in [-0.2, 0) is 15.7 Å². The predicted octanol–water partition coefficient (Wildman–Crippen LogP) is 4.03. The van der Waals surface area contributed by atoms with Crippen LogP contribution in [0.2, 0.25) is 5.02 Å². The Kier molecular flexibility index (Phi) is 6.72. The third kappa shape index (κ3) is 4.22. The number of pyridine rings is 1. The molecule has 1 aliphatic heterocycles. The van der Waals surface area contributed by atoms with Gasteiger partial charge in [0.05, 0.1) is 24.4 Å². The molecule has 0 fully saturated rings. The molecule has 0 aliphatic carbocycles. The largest absolute Gasteiger partial charge is 0.495 e. The summed E-state index contributed by atoms with van der Waals surface area (Å²) in [5, 5.41) is 19.7. The first-order valence-corrected chi connectivity index (χ1v) is 12.2. The molecule has 0 spiro atoms. The Balaban J connectivity index is 1.65. The fourth-order valence-corrected chi connectivity index (χ4v) is 5.39. The molecule has 0 saturated heterocycles. The van der Waals surface area contributed by atoms with E-state index in [2.05, 4.69) is 0 Å². The van der Waals surface area contributed by atoms with Gasteiger partial charge in [-0.2, -0.15) is 0 Å².